The van der Waals surface area contributed by atoms with Gasteiger partial charge in [-0.1, -0.05) is 42.5 Å². The molecular weight excluding hydrogens is 252 g/mol. The molecule has 0 radical (unpaired) electrons. The van der Waals surface area contributed by atoms with E-state index in [0.717, 1.165) is 0 Å². The van der Waals surface area contributed by atoms with E-state index in [-0.39, 0.29) is 18.0 Å². The number of carbonyl (C=O) groups is 2. The minimum atomic E-state index is -0.678. The van der Waals surface area contributed by atoms with Crippen LogP contribution in [-0.4, -0.2) is 18.4 Å². The van der Waals surface area contributed by atoms with Crippen molar-refractivity contribution in [3.8, 4) is 0 Å². The van der Waals surface area contributed by atoms with E-state index in [1.54, 1.807) is 24.3 Å². The zero-order valence-electron chi connectivity index (χ0n) is 9.98. The fourth-order valence-corrected chi connectivity index (χ4v) is 1.45. The van der Waals surface area contributed by atoms with Gasteiger partial charge in [0.1, 0.15) is 12.2 Å². The third-order valence-corrected chi connectivity index (χ3v) is 2.48. The average molecular weight is 265 g/mol. The smallest absolute Gasteiger partial charge is 0.342 e. The molecule has 0 aliphatic carbocycles. The number of hydrogen-bond acceptors (Lipinski definition) is 3. The van der Waals surface area contributed by atoms with Crippen molar-refractivity contribution in [1.82, 2.24) is 0 Å². The van der Waals surface area contributed by atoms with Crippen molar-refractivity contribution in [2.75, 3.05) is 6.61 Å². The summed E-state index contributed by atoms with van der Waals surface area (Å²) in [6.07, 6.45) is 2.86. The minimum absolute atomic E-state index is 0.0371. The molecule has 0 saturated heterocycles. The van der Waals surface area contributed by atoms with Gasteiger partial charge < -0.3 is 4.74 Å². The third-order valence-electron chi connectivity index (χ3n) is 2.14. The topological polar surface area (TPSA) is 43.4 Å². The summed E-state index contributed by atoms with van der Waals surface area (Å²) in [7, 11) is 0. The normalized spacial score (nSPS) is 10.9. The lowest BCUT2D eigenvalue weighted by Crippen LogP contribution is -2.13. The van der Waals surface area contributed by atoms with Crippen LogP contribution < -0.4 is 0 Å². The number of ether oxygens (including phenoxy) is 1. The summed E-state index contributed by atoms with van der Waals surface area (Å²) in [4.78, 5) is 23.1. The van der Waals surface area contributed by atoms with Crippen LogP contribution >= 0.6 is 11.6 Å². The molecular formula is C14H13ClO3. The van der Waals surface area contributed by atoms with Crippen LogP contribution in [0.4, 0.5) is 0 Å². The van der Waals surface area contributed by atoms with Crippen molar-refractivity contribution >= 4 is 29.4 Å². The highest BCUT2D eigenvalue weighted by Gasteiger charge is 2.16. The average Bonchev–Trinajstić information content (AvgIpc) is 2.34. The number of benzene rings is 1. The van der Waals surface area contributed by atoms with Crippen molar-refractivity contribution in [3.63, 3.8) is 0 Å². The molecule has 1 aromatic rings. The summed E-state index contributed by atoms with van der Waals surface area (Å²) in [5.41, 5.74) is 0.560. The fraction of sp³-hybridized carbons (Fsp3) is 0.143. The van der Waals surface area contributed by atoms with E-state index in [4.69, 9.17) is 16.3 Å². The lowest BCUT2D eigenvalue weighted by Gasteiger charge is -2.04. The molecule has 0 amide bonds. The number of halogens is 1. The standard InChI is InChI=1S/C14H13ClO3/c1-3-8-18-14(17)12(10(2)16)9-11-6-4-5-7-13(11)15/h3-7,9H,1,8H2,2H3. The molecule has 0 fully saturated rings. The van der Waals surface area contributed by atoms with Crippen LogP contribution in [0.3, 0.4) is 0 Å². The first-order chi connectivity index (χ1) is 8.56. The number of Topliss-reactive ketones (excluding diaryl/α,β-unsaturated/α-hetero) is 1. The van der Waals surface area contributed by atoms with Crippen LogP contribution in [0.2, 0.25) is 5.02 Å². The lowest BCUT2D eigenvalue weighted by molar-refractivity contribution is -0.139. The molecule has 1 rings (SSSR count). The van der Waals surface area contributed by atoms with Gasteiger partial charge in [-0.25, -0.2) is 4.79 Å². The van der Waals surface area contributed by atoms with Crippen molar-refractivity contribution in [1.29, 1.82) is 0 Å². The van der Waals surface area contributed by atoms with E-state index < -0.39 is 5.97 Å². The second-order valence-corrected chi connectivity index (χ2v) is 3.93. The van der Waals surface area contributed by atoms with Crippen LogP contribution in [0.1, 0.15) is 12.5 Å². The minimum Gasteiger partial charge on any atom is -0.458 e. The van der Waals surface area contributed by atoms with Crippen molar-refractivity contribution in [2.45, 2.75) is 6.92 Å². The Morgan fingerprint density at radius 1 is 1.39 bits per heavy atom. The zero-order chi connectivity index (χ0) is 13.5. The highest BCUT2D eigenvalue weighted by molar-refractivity contribution is 6.32. The van der Waals surface area contributed by atoms with Gasteiger partial charge in [0.15, 0.2) is 5.78 Å². The van der Waals surface area contributed by atoms with Crippen LogP contribution in [0.15, 0.2) is 42.5 Å². The first-order valence-corrected chi connectivity index (χ1v) is 5.69. The van der Waals surface area contributed by atoms with Crippen molar-refractivity contribution < 1.29 is 14.3 Å². The van der Waals surface area contributed by atoms with E-state index in [0.29, 0.717) is 10.6 Å². The van der Waals surface area contributed by atoms with Crippen LogP contribution in [0.5, 0.6) is 0 Å². The Morgan fingerprint density at radius 3 is 2.61 bits per heavy atom. The second-order valence-electron chi connectivity index (χ2n) is 3.52. The summed E-state index contributed by atoms with van der Waals surface area (Å²) in [6.45, 7) is 4.80. The Hall–Kier alpha value is -1.87. The van der Waals surface area contributed by atoms with Crippen LogP contribution in [-0.2, 0) is 14.3 Å². The monoisotopic (exact) mass is 264 g/mol. The summed E-state index contributed by atoms with van der Waals surface area (Å²) in [5.74, 6) is -1.05. The fourth-order valence-electron chi connectivity index (χ4n) is 1.26. The van der Waals surface area contributed by atoms with Gasteiger partial charge in [0, 0.05) is 5.02 Å². The zero-order valence-corrected chi connectivity index (χ0v) is 10.7. The summed E-state index contributed by atoms with van der Waals surface area (Å²) in [6, 6.07) is 6.93. The van der Waals surface area contributed by atoms with Crippen molar-refractivity contribution in [2.24, 2.45) is 0 Å². The number of esters is 1. The first kappa shape index (κ1) is 14.2. The van der Waals surface area contributed by atoms with Gasteiger partial charge in [-0.05, 0) is 24.6 Å². The van der Waals surface area contributed by atoms with E-state index in [1.807, 2.05) is 0 Å². The molecule has 0 spiro atoms. The predicted octanol–water partition coefficient (Wildman–Crippen LogP) is 3.04. The molecule has 0 aromatic heterocycles. The van der Waals surface area contributed by atoms with Gasteiger partial charge in [-0.3, -0.25) is 4.79 Å². The molecule has 18 heavy (non-hydrogen) atoms. The number of rotatable bonds is 5. The van der Waals surface area contributed by atoms with Gasteiger partial charge in [0.2, 0.25) is 0 Å². The molecule has 0 unspecified atom stereocenters. The molecule has 0 atom stereocenters. The Morgan fingerprint density at radius 2 is 2.06 bits per heavy atom. The Balaban J connectivity index is 3.05. The Kier molecular flexibility index (Phi) is 5.33. The molecule has 0 heterocycles. The van der Waals surface area contributed by atoms with Gasteiger partial charge in [-0.2, -0.15) is 0 Å². The van der Waals surface area contributed by atoms with E-state index in [9.17, 15) is 9.59 Å². The SMILES string of the molecule is C=CCOC(=O)C(=Cc1ccccc1Cl)C(C)=O. The molecule has 3 nitrogen and oxygen atoms in total. The highest BCUT2D eigenvalue weighted by Crippen LogP contribution is 2.19. The van der Waals surface area contributed by atoms with Crippen LogP contribution in [0.25, 0.3) is 6.08 Å². The maximum absolute atomic E-state index is 11.7. The molecule has 94 valence electrons. The second kappa shape index (κ2) is 6.77. The molecule has 0 N–H and O–H groups in total. The van der Waals surface area contributed by atoms with Crippen molar-refractivity contribution in [3.05, 3.63) is 53.1 Å². The summed E-state index contributed by atoms with van der Waals surface area (Å²) < 4.78 is 4.84. The number of hydrogen-bond donors (Lipinski definition) is 0. The molecule has 0 saturated carbocycles. The maximum Gasteiger partial charge on any atom is 0.342 e. The third kappa shape index (κ3) is 3.86. The van der Waals surface area contributed by atoms with Gasteiger partial charge in [0.25, 0.3) is 0 Å². The van der Waals surface area contributed by atoms with E-state index in [1.165, 1.54) is 19.1 Å². The predicted molar refractivity (Wildman–Crippen MR) is 71.3 cm³/mol. The van der Waals surface area contributed by atoms with Crippen LogP contribution in [0, 0.1) is 0 Å². The molecule has 4 heteroatoms. The largest absolute Gasteiger partial charge is 0.458 e. The Bertz CT molecular complexity index is 504. The van der Waals surface area contributed by atoms with Gasteiger partial charge >= 0.3 is 5.97 Å². The molecule has 0 aliphatic rings. The first-order valence-electron chi connectivity index (χ1n) is 5.31. The molecule has 0 bridgehead atoms. The van der Waals surface area contributed by atoms with Gasteiger partial charge in [-0.15, -0.1) is 0 Å². The number of ketones is 1. The quantitative estimate of drug-likeness (QED) is 0.270. The Labute approximate surface area is 111 Å². The molecule has 0 aliphatic heterocycles. The maximum atomic E-state index is 11.7. The van der Waals surface area contributed by atoms with Gasteiger partial charge in [0.05, 0.1) is 0 Å². The summed E-state index contributed by atoms with van der Waals surface area (Å²) >= 11 is 5.96. The summed E-state index contributed by atoms with van der Waals surface area (Å²) in [5, 5.41) is 0.466. The highest BCUT2D eigenvalue weighted by atomic mass is 35.5. The van der Waals surface area contributed by atoms with E-state index in [2.05, 4.69) is 6.58 Å². The number of carbonyl (C=O) groups excluding carboxylic acids is 2. The lowest BCUT2D eigenvalue weighted by atomic mass is 10.1. The van der Waals surface area contributed by atoms with E-state index >= 15 is 0 Å². The molecule has 1 aromatic carbocycles.